The SMILES string of the molecule is CC(C)(C)N(CC(=O)N1CCN(c2cccc(Cl)c2)CC1)S(C)(=O)=O. The van der Waals surface area contributed by atoms with E-state index in [4.69, 9.17) is 11.6 Å². The predicted molar refractivity (Wildman–Crippen MR) is 102 cm³/mol. The minimum atomic E-state index is -3.45. The Kier molecular flexibility index (Phi) is 6.01. The van der Waals surface area contributed by atoms with Gasteiger partial charge in [-0.15, -0.1) is 0 Å². The zero-order valence-corrected chi connectivity index (χ0v) is 16.8. The van der Waals surface area contributed by atoms with E-state index in [0.29, 0.717) is 31.2 Å². The smallest absolute Gasteiger partial charge is 0.238 e. The molecule has 0 aliphatic carbocycles. The van der Waals surface area contributed by atoms with Crippen molar-refractivity contribution in [3.8, 4) is 0 Å². The van der Waals surface area contributed by atoms with E-state index in [-0.39, 0.29) is 12.5 Å². The summed E-state index contributed by atoms with van der Waals surface area (Å²) in [5.41, 5.74) is 0.401. The third-order valence-electron chi connectivity index (χ3n) is 4.23. The van der Waals surface area contributed by atoms with Crippen molar-refractivity contribution in [2.75, 3.05) is 43.9 Å². The molecule has 0 radical (unpaired) electrons. The number of rotatable bonds is 4. The number of hydrogen-bond acceptors (Lipinski definition) is 4. The molecule has 1 amide bonds. The molecule has 0 N–H and O–H groups in total. The van der Waals surface area contributed by atoms with Crippen molar-refractivity contribution in [3.63, 3.8) is 0 Å². The summed E-state index contributed by atoms with van der Waals surface area (Å²) in [5, 5.41) is 0.685. The van der Waals surface area contributed by atoms with Crippen LogP contribution in [0.2, 0.25) is 5.02 Å². The minimum absolute atomic E-state index is 0.125. The fraction of sp³-hybridized carbons (Fsp3) is 0.588. The number of nitrogens with zero attached hydrogens (tertiary/aromatic N) is 3. The van der Waals surface area contributed by atoms with Gasteiger partial charge >= 0.3 is 0 Å². The maximum absolute atomic E-state index is 12.6. The molecule has 0 saturated carbocycles. The van der Waals surface area contributed by atoms with Crippen LogP contribution in [0.4, 0.5) is 5.69 Å². The van der Waals surface area contributed by atoms with Crippen LogP contribution in [0.3, 0.4) is 0 Å². The molecule has 1 aliphatic rings. The zero-order valence-electron chi connectivity index (χ0n) is 15.2. The van der Waals surface area contributed by atoms with Gasteiger partial charge in [-0.25, -0.2) is 8.42 Å². The normalized spacial score (nSPS) is 16.4. The van der Waals surface area contributed by atoms with Crippen LogP contribution in [-0.4, -0.2) is 68.0 Å². The van der Waals surface area contributed by atoms with E-state index in [9.17, 15) is 13.2 Å². The maximum Gasteiger partial charge on any atom is 0.238 e. The zero-order chi connectivity index (χ0) is 18.8. The van der Waals surface area contributed by atoms with Crippen LogP contribution < -0.4 is 4.90 Å². The van der Waals surface area contributed by atoms with E-state index >= 15 is 0 Å². The second kappa shape index (κ2) is 7.51. The van der Waals surface area contributed by atoms with Gasteiger partial charge in [-0.05, 0) is 39.0 Å². The van der Waals surface area contributed by atoms with Crippen LogP contribution in [0.25, 0.3) is 0 Å². The Morgan fingerprint density at radius 2 is 1.80 bits per heavy atom. The number of piperazine rings is 1. The van der Waals surface area contributed by atoms with E-state index < -0.39 is 15.6 Å². The van der Waals surface area contributed by atoms with Gasteiger partial charge in [0.25, 0.3) is 0 Å². The van der Waals surface area contributed by atoms with E-state index in [1.165, 1.54) is 4.31 Å². The van der Waals surface area contributed by atoms with Crippen LogP contribution in [0.15, 0.2) is 24.3 Å². The van der Waals surface area contributed by atoms with Crippen molar-refractivity contribution in [1.82, 2.24) is 9.21 Å². The summed E-state index contributed by atoms with van der Waals surface area (Å²) < 4.78 is 25.3. The van der Waals surface area contributed by atoms with E-state index in [1.54, 1.807) is 25.7 Å². The average molecular weight is 388 g/mol. The lowest BCUT2D eigenvalue weighted by Crippen LogP contribution is -2.54. The highest BCUT2D eigenvalue weighted by atomic mass is 35.5. The largest absolute Gasteiger partial charge is 0.368 e. The number of carbonyl (C=O) groups excluding carboxylic acids is 1. The summed E-state index contributed by atoms with van der Waals surface area (Å²) in [6, 6.07) is 7.64. The Labute approximate surface area is 155 Å². The Bertz CT molecular complexity index is 723. The van der Waals surface area contributed by atoms with Gasteiger partial charge in [0, 0.05) is 42.4 Å². The number of amides is 1. The van der Waals surface area contributed by atoms with Gasteiger partial charge in [0.15, 0.2) is 0 Å². The molecule has 0 aromatic heterocycles. The summed E-state index contributed by atoms with van der Waals surface area (Å²) in [6.07, 6.45) is 1.14. The van der Waals surface area contributed by atoms with Crippen LogP contribution in [0.5, 0.6) is 0 Å². The summed E-state index contributed by atoms with van der Waals surface area (Å²) in [4.78, 5) is 16.5. The number of benzene rings is 1. The van der Waals surface area contributed by atoms with Gasteiger partial charge in [0.1, 0.15) is 0 Å². The van der Waals surface area contributed by atoms with Crippen LogP contribution in [-0.2, 0) is 14.8 Å². The third-order valence-corrected chi connectivity index (χ3v) is 5.95. The van der Waals surface area contributed by atoms with Gasteiger partial charge in [0.2, 0.25) is 15.9 Å². The molecule has 1 aliphatic heterocycles. The summed E-state index contributed by atoms with van der Waals surface area (Å²) >= 11 is 6.03. The van der Waals surface area contributed by atoms with Crippen molar-refractivity contribution in [2.45, 2.75) is 26.3 Å². The summed E-state index contributed by atoms with van der Waals surface area (Å²) in [5.74, 6) is -0.161. The lowest BCUT2D eigenvalue weighted by Gasteiger charge is -2.38. The molecule has 0 bridgehead atoms. The van der Waals surface area contributed by atoms with Crippen LogP contribution >= 0.6 is 11.6 Å². The molecule has 1 aromatic rings. The fourth-order valence-corrected chi connectivity index (χ4v) is 4.49. The standard InChI is InChI=1S/C17H26ClN3O3S/c1-17(2,3)21(25(4,23)24)13-16(22)20-10-8-19(9-11-20)15-7-5-6-14(18)12-15/h5-7,12H,8-11,13H2,1-4H3. The second-order valence-corrected chi connectivity index (χ2v) is 9.63. The third kappa shape index (κ3) is 5.33. The Morgan fingerprint density at radius 3 is 2.28 bits per heavy atom. The lowest BCUT2D eigenvalue weighted by molar-refractivity contribution is -0.132. The van der Waals surface area contributed by atoms with Crippen LogP contribution in [0, 0.1) is 0 Å². The molecular weight excluding hydrogens is 362 g/mol. The first-order valence-corrected chi connectivity index (χ1v) is 10.5. The molecule has 0 unspecified atom stereocenters. The predicted octanol–water partition coefficient (Wildman–Crippen LogP) is 2.05. The maximum atomic E-state index is 12.6. The van der Waals surface area contributed by atoms with Gasteiger partial charge < -0.3 is 9.80 Å². The molecular formula is C17H26ClN3O3S. The molecule has 0 atom stereocenters. The van der Waals surface area contributed by atoms with E-state index in [0.717, 1.165) is 11.9 Å². The molecule has 1 fully saturated rings. The van der Waals surface area contributed by atoms with Crippen molar-refractivity contribution < 1.29 is 13.2 Å². The number of halogens is 1. The highest BCUT2D eigenvalue weighted by molar-refractivity contribution is 7.88. The Hall–Kier alpha value is -1.31. The van der Waals surface area contributed by atoms with Crippen molar-refractivity contribution in [3.05, 3.63) is 29.3 Å². The monoisotopic (exact) mass is 387 g/mol. The summed E-state index contributed by atoms with van der Waals surface area (Å²) in [6.45, 7) is 7.76. The quantitative estimate of drug-likeness (QED) is 0.793. The lowest BCUT2D eigenvalue weighted by atomic mass is 10.1. The molecule has 8 heteroatoms. The number of hydrogen-bond donors (Lipinski definition) is 0. The molecule has 6 nitrogen and oxygen atoms in total. The Balaban J connectivity index is 1.99. The fourth-order valence-electron chi connectivity index (χ4n) is 2.96. The first-order valence-electron chi connectivity index (χ1n) is 8.24. The van der Waals surface area contributed by atoms with Gasteiger partial charge in [-0.2, -0.15) is 4.31 Å². The highest BCUT2D eigenvalue weighted by Crippen LogP contribution is 2.21. The van der Waals surface area contributed by atoms with Crippen LogP contribution in [0.1, 0.15) is 20.8 Å². The Morgan fingerprint density at radius 1 is 1.20 bits per heavy atom. The van der Waals surface area contributed by atoms with Gasteiger partial charge in [-0.3, -0.25) is 4.79 Å². The molecule has 140 valence electrons. The number of anilines is 1. The molecule has 2 rings (SSSR count). The second-order valence-electron chi connectivity index (χ2n) is 7.29. The molecule has 25 heavy (non-hydrogen) atoms. The number of sulfonamides is 1. The van der Waals surface area contributed by atoms with Gasteiger partial charge in [-0.1, -0.05) is 17.7 Å². The number of carbonyl (C=O) groups is 1. The van der Waals surface area contributed by atoms with Crippen molar-refractivity contribution >= 4 is 33.2 Å². The first kappa shape index (κ1) is 20.0. The highest BCUT2D eigenvalue weighted by Gasteiger charge is 2.33. The molecule has 0 spiro atoms. The van der Waals surface area contributed by atoms with Crippen molar-refractivity contribution in [2.24, 2.45) is 0 Å². The first-order chi connectivity index (χ1) is 11.5. The molecule has 1 aromatic carbocycles. The van der Waals surface area contributed by atoms with Crippen molar-refractivity contribution in [1.29, 1.82) is 0 Å². The summed E-state index contributed by atoms with van der Waals surface area (Å²) in [7, 11) is -3.45. The average Bonchev–Trinajstić information content (AvgIpc) is 2.50. The molecule has 1 heterocycles. The van der Waals surface area contributed by atoms with E-state index in [2.05, 4.69) is 4.90 Å². The molecule has 1 saturated heterocycles. The topological polar surface area (TPSA) is 60.9 Å². The van der Waals surface area contributed by atoms with E-state index in [1.807, 2.05) is 24.3 Å². The minimum Gasteiger partial charge on any atom is -0.368 e. The van der Waals surface area contributed by atoms with Gasteiger partial charge in [0.05, 0.1) is 12.8 Å².